The Kier molecular flexibility index (Phi) is 9.16. The minimum atomic E-state index is -0.679. The molecule has 2 aromatic heterocycles. The molecule has 3 N–H and O–H groups in total. The number of amides is 2. The summed E-state index contributed by atoms with van der Waals surface area (Å²) in [5.74, 6) is -1.01. The number of ether oxygens (including phenoxy) is 1. The molecule has 0 unspecified atom stereocenters. The van der Waals surface area contributed by atoms with E-state index in [0.29, 0.717) is 23.1 Å². The van der Waals surface area contributed by atoms with Gasteiger partial charge in [-0.25, -0.2) is 4.79 Å². The summed E-state index contributed by atoms with van der Waals surface area (Å²) < 4.78 is 7.19. The van der Waals surface area contributed by atoms with Gasteiger partial charge in [0.05, 0.1) is 22.3 Å². The summed E-state index contributed by atoms with van der Waals surface area (Å²) in [6, 6.07) is 8.18. The van der Waals surface area contributed by atoms with Crippen molar-refractivity contribution in [3.8, 4) is 11.4 Å². The van der Waals surface area contributed by atoms with Crippen molar-refractivity contribution in [2.24, 2.45) is 5.73 Å². The predicted molar refractivity (Wildman–Crippen MR) is 152 cm³/mol. The van der Waals surface area contributed by atoms with Gasteiger partial charge in [0.25, 0.3) is 5.91 Å². The topological polar surface area (TPSA) is 129 Å². The van der Waals surface area contributed by atoms with Gasteiger partial charge in [0.15, 0.2) is 11.0 Å². The third-order valence-corrected chi connectivity index (χ3v) is 7.73. The summed E-state index contributed by atoms with van der Waals surface area (Å²) in [5.41, 5.74) is 8.13. The van der Waals surface area contributed by atoms with E-state index in [-0.39, 0.29) is 38.6 Å². The molecular formula is C27H33N5O4S2. The molecule has 0 saturated heterocycles. The Balaban J connectivity index is 1.80. The van der Waals surface area contributed by atoms with E-state index in [2.05, 4.69) is 55.0 Å². The Labute approximate surface area is 230 Å². The molecule has 11 heteroatoms. The Morgan fingerprint density at radius 3 is 2.42 bits per heavy atom. The zero-order chi connectivity index (χ0) is 28.2. The van der Waals surface area contributed by atoms with Crippen LogP contribution in [0.2, 0.25) is 0 Å². The van der Waals surface area contributed by atoms with Crippen molar-refractivity contribution >= 4 is 45.9 Å². The smallest absolute Gasteiger partial charge is 0.341 e. The van der Waals surface area contributed by atoms with Gasteiger partial charge < -0.3 is 15.8 Å². The molecule has 0 aliphatic carbocycles. The second-order valence-electron chi connectivity index (χ2n) is 9.95. The number of primary amides is 1. The first kappa shape index (κ1) is 29.1. The Hall–Kier alpha value is -3.44. The van der Waals surface area contributed by atoms with Crippen LogP contribution >= 0.6 is 23.1 Å². The SMILES string of the molecule is C=CCn1c(SCC(=O)Nc2sc(C(N)=O)c(C)c2C(=O)OC(C)C)nnc1-c1ccc(C(C)(C)C)cc1. The minimum absolute atomic E-state index is 0.000239. The molecule has 2 heterocycles. The fourth-order valence-corrected chi connectivity index (χ4v) is 5.48. The molecule has 0 spiro atoms. The molecule has 0 atom stereocenters. The van der Waals surface area contributed by atoms with Crippen molar-refractivity contribution in [1.82, 2.24) is 14.8 Å². The van der Waals surface area contributed by atoms with E-state index < -0.39 is 11.9 Å². The molecule has 0 fully saturated rings. The van der Waals surface area contributed by atoms with Gasteiger partial charge in [-0.2, -0.15) is 0 Å². The van der Waals surface area contributed by atoms with E-state index in [1.165, 1.54) is 17.3 Å². The highest BCUT2D eigenvalue weighted by Gasteiger charge is 2.26. The van der Waals surface area contributed by atoms with Crippen molar-refractivity contribution in [3.05, 3.63) is 58.5 Å². The molecule has 0 bridgehead atoms. The number of allylic oxidation sites excluding steroid dienone is 1. The van der Waals surface area contributed by atoms with Crippen molar-refractivity contribution in [3.63, 3.8) is 0 Å². The lowest BCUT2D eigenvalue weighted by molar-refractivity contribution is -0.113. The van der Waals surface area contributed by atoms with E-state index in [1.54, 1.807) is 26.8 Å². The van der Waals surface area contributed by atoms with Crippen LogP contribution in [0, 0.1) is 6.92 Å². The van der Waals surface area contributed by atoms with Crippen LogP contribution in [0.5, 0.6) is 0 Å². The first-order valence-corrected chi connectivity index (χ1v) is 13.9. The van der Waals surface area contributed by atoms with Crippen LogP contribution in [0.15, 0.2) is 42.1 Å². The van der Waals surface area contributed by atoms with Gasteiger partial charge in [0.2, 0.25) is 5.91 Å². The molecule has 9 nitrogen and oxygen atoms in total. The van der Waals surface area contributed by atoms with Gasteiger partial charge in [0.1, 0.15) is 5.00 Å². The number of thioether (sulfide) groups is 1. The molecule has 38 heavy (non-hydrogen) atoms. The number of thiophene rings is 1. The second-order valence-corrected chi connectivity index (χ2v) is 11.9. The van der Waals surface area contributed by atoms with Crippen LogP contribution in [-0.2, 0) is 21.5 Å². The number of rotatable bonds is 10. The highest BCUT2D eigenvalue weighted by atomic mass is 32.2. The van der Waals surface area contributed by atoms with E-state index in [4.69, 9.17) is 10.5 Å². The van der Waals surface area contributed by atoms with Crippen molar-refractivity contribution in [2.75, 3.05) is 11.1 Å². The summed E-state index contributed by atoms with van der Waals surface area (Å²) in [6.07, 6.45) is 1.38. The molecule has 3 rings (SSSR count). The number of anilines is 1. The summed E-state index contributed by atoms with van der Waals surface area (Å²) in [4.78, 5) is 37.6. The molecule has 2 amide bonds. The summed E-state index contributed by atoms with van der Waals surface area (Å²) in [6.45, 7) is 15.8. The number of nitrogens with one attached hydrogen (secondary N) is 1. The van der Waals surface area contributed by atoms with E-state index in [9.17, 15) is 14.4 Å². The number of aromatic nitrogens is 3. The molecule has 0 aliphatic rings. The largest absolute Gasteiger partial charge is 0.459 e. The molecule has 0 saturated carbocycles. The zero-order valence-electron chi connectivity index (χ0n) is 22.5. The number of carbonyl (C=O) groups excluding carboxylic acids is 3. The third kappa shape index (κ3) is 6.70. The number of nitrogens with zero attached hydrogens (tertiary/aromatic N) is 3. The van der Waals surface area contributed by atoms with Crippen LogP contribution in [0.3, 0.4) is 0 Å². The van der Waals surface area contributed by atoms with Gasteiger partial charge in [-0.3, -0.25) is 14.2 Å². The molecule has 3 aromatic rings. The molecule has 1 aromatic carbocycles. The number of carbonyl (C=O) groups is 3. The van der Waals surface area contributed by atoms with Crippen LogP contribution in [0.4, 0.5) is 5.00 Å². The number of esters is 1. The first-order chi connectivity index (χ1) is 17.8. The lowest BCUT2D eigenvalue weighted by Gasteiger charge is -2.19. The average molecular weight is 556 g/mol. The minimum Gasteiger partial charge on any atom is -0.459 e. The summed E-state index contributed by atoms with van der Waals surface area (Å²) in [5, 5.41) is 12.2. The monoisotopic (exact) mass is 555 g/mol. The summed E-state index contributed by atoms with van der Waals surface area (Å²) in [7, 11) is 0. The van der Waals surface area contributed by atoms with Crippen LogP contribution in [0.25, 0.3) is 11.4 Å². The van der Waals surface area contributed by atoms with Gasteiger partial charge in [-0.05, 0) is 37.3 Å². The first-order valence-electron chi connectivity index (χ1n) is 12.0. The van der Waals surface area contributed by atoms with Gasteiger partial charge in [0, 0.05) is 12.1 Å². The second kappa shape index (κ2) is 12.0. The van der Waals surface area contributed by atoms with Crippen molar-refractivity contribution < 1.29 is 19.1 Å². The molecule has 0 radical (unpaired) electrons. The van der Waals surface area contributed by atoms with Crippen LogP contribution in [0.1, 0.15) is 65.8 Å². The van der Waals surface area contributed by atoms with E-state index >= 15 is 0 Å². The average Bonchev–Trinajstić information content (AvgIpc) is 3.37. The lowest BCUT2D eigenvalue weighted by Crippen LogP contribution is -2.18. The Bertz CT molecular complexity index is 1350. The van der Waals surface area contributed by atoms with Gasteiger partial charge in [-0.1, -0.05) is 62.9 Å². The number of benzene rings is 1. The lowest BCUT2D eigenvalue weighted by atomic mass is 9.87. The standard InChI is InChI=1S/C27H33N5O4S2/c1-8-13-32-23(17-9-11-18(12-10-17)27(5,6)7)30-31-26(32)37-14-19(33)29-24-20(25(35)36-15(2)3)16(4)21(38-24)22(28)34/h8-12,15H,1,13-14H2,2-7H3,(H2,28,34)(H,29,33). The van der Waals surface area contributed by atoms with Crippen molar-refractivity contribution in [2.45, 2.75) is 64.8 Å². The summed E-state index contributed by atoms with van der Waals surface area (Å²) >= 11 is 2.16. The van der Waals surface area contributed by atoms with Crippen molar-refractivity contribution in [1.29, 1.82) is 0 Å². The fourth-order valence-electron chi connectivity index (χ4n) is 3.67. The number of hydrogen-bond donors (Lipinski definition) is 2. The predicted octanol–water partition coefficient (Wildman–Crippen LogP) is 5.19. The van der Waals surface area contributed by atoms with Crippen LogP contribution < -0.4 is 11.1 Å². The van der Waals surface area contributed by atoms with Gasteiger partial charge >= 0.3 is 5.97 Å². The number of nitrogens with two attached hydrogens (primary N) is 1. The maximum atomic E-state index is 12.9. The maximum Gasteiger partial charge on any atom is 0.341 e. The van der Waals surface area contributed by atoms with Crippen LogP contribution in [-0.4, -0.2) is 44.4 Å². The normalized spacial score (nSPS) is 11.4. The Morgan fingerprint density at radius 1 is 1.21 bits per heavy atom. The van der Waals surface area contributed by atoms with Gasteiger partial charge in [-0.15, -0.1) is 28.1 Å². The molecule has 0 aliphatic heterocycles. The fraction of sp³-hybridized carbons (Fsp3) is 0.370. The van der Waals surface area contributed by atoms with E-state index in [0.717, 1.165) is 16.9 Å². The molecule has 202 valence electrons. The maximum absolute atomic E-state index is 12.9. The third-order valence-electron chi connectivity index (χ3n) is 5.54. The highest BCUT2D eigenvalue weighted by molar-refractivity contribution is 7.99. The Morgan fingerprint density at radius 2 is 1.87 bits per heavy atom. The highest BCUT2D eigenvalue weighted by Crippen LogP contribution is 2.34. The number of hydrogen-bond acceptors (Lipinski definition) is 8. The molecular weight excluding hydrogens is 522 g/mol. The zero-order valence-corrected chi connectivity index (χ0v) is 24.1. The quantitative estimate of drug-likeness (QED) is 0.200. The van der Waals surface area contributed by atoms with E-state index in [1.807, 2.05) is 16.7 Å².